The summed E-state index contributed by atoms with van der Waals surface area (Å²) in [5.41, 5.74) is 0.842. The van der Waals surface area contributed by atoms with Crippen molar-refractivity contribution in [2.24, 2.45) is 0 Å². The van der Waals surface area contributed by atoms with Gasteiger partial charge in [-0.1, -0.05) is 38.1 Å². The molecule has 0 unspecified atom stereocenters. The summed E-state index contributed by atoms with van der Waals surface area (Å²) >= 11 is 0. The average molecular weight is 522 g/mol. The molecule has 0 aromatic heterocycles. The van der Waals surface area contributed by atoms with Crippen molar-refractivity contribution in [1.82, 2.24) is 10.2 Å². The molecule has 198 valence electrons. The van der Waals surface area contributed by atoms with Gasteiger partial charge in [0.15, 0.2) is 0 Å². The minimum Gasteiger partial charge on any atom is -0.492 e. The first kappa shape index (κ1) is 29.1. The van der Waals surface area contributed by atoms with Crippen LogP contribution in [0.3, 0.4) is 0 Å². The molecular weight excluding hydrogens is 485 g/mol. The molecule has 2 amide bonds. The lowest BCUT2D eigenvalue weighted by Gasteiger charge is -2.33. The Labute approximate surface area is 213 Å². The number of carbonyl (C=O) groups is 2. The Kier molecular flexibility index (Phi) is 10.7. The number of hydrogen-bond acceptors (Lipinski definition) is 5. The van der Waals surface area contributed by atoms with Crippen LogP contribution in [0, 0.1) is 5.82 Å². The van der Waals surface area contributed by atoms with E-state index in [4.69, 9.17) is 4.74 Å². The van der Waals surface area contributed by atoms with Gasteiger partial charge in [-0.15, -0.1) is 0 Å². The Morgan fingerprint density at radius 3 is 2.22 bits per heavy atom. The molecular formula is C26H36FN3O5S. The van der Waals surface area contributed by atoms with E-state index in [0.29, 0.717) is 30.8 Å². The van der Waals surface area contributed by atoms with E-state index in [0.717, 1.165) is 10.6 Å². The third-order valence-electron chi connectivity index (χ3n) is 5.77. The smallest absolute Gasteiger partial charge is 0.244 e. The fourth-order valence-electron chi connectivity index (χ4n) is 3.68. The highest BCUT2D eigenvalue weighted by atomic mass is 32.2. The molecule has 36 heavy (non-hydrogen) atoms. The van der Waals surface area contributed by atoms with E-state index < -0.39 is 34.3 Å². The number of sulfonamides is 1. The maximum absolute atomic E-state index is 13.7. The highest BCUT2D eigenvalue weighted by molar-refractivity contribution is 7.92. The maximum Gasteiger partial charge on any atom is 0.244 e. The fourth-order valence-corrected chi connectivity index (χ4v) is 4.54. The molecule has 2 atom stereocenters. The lowest BCUT2D eigenvalue weighted by atomic mass is 10.1. The number of ether oxygens (including phenoxy) is 1. The van der Waals surface area contributed by atoms with Gasteiger partial charge in [0.2, 0.25) is 21.8 Å². The molecule has 0 fully saturated rings. The van der Waals surface area contributed by atoms with E-state index in [2.05, 4.69) is 5.32 Å². The second-order valence-corrected chi connectivity index (χ2v) is 10.5. The number of nitrogens with zero attached hydrogens (tertiary/aromatic N) is 2. The van der Waals surface area contributed by atoms with Crippen molar-refractivity contribution in [2.75, 3.05) is 23.7 Å². The third-order valence-corrected chi connectivity index (χ3v) is 6.89. The van der Waals surface area contributed by atoms with Gasteiger partial charge in [-0.3, -0.25) is 13.9 Å². The van der Waals surface area contributed by atoms with Gasteiger partial charge in [-0.05, 0) is 56.5 Å². The predicted octanol–water partition coefficient (Wildman–Crippen LogP) is 3.71. The molecule has 0 radical (unpaired) electrons. The SMILES string of the molecule is CCOc1ccccc1N(CC(=O)N(Cc1ccc(F)cc1)[C@@H](CC)C(=O)N[C@@H](C)CC)S(C)(=O)=O. The Morgan fingerprint density at radius 2 is 1.67 bits per heavy atom. The van der Waals surface area contributed by atoms with E-state index in [1.54, 1.807) is 38.1 Å². The molecule has 0 heterocycles. The fraction of sp³-hybridized carbons (Fsp3) is 0.462. The Morgan fingerprint density at radius 1 is 1.03 bits per heavy atom. The quantitative estimate of drug-likeness (QED) is 0.434. The highest BCUT2D eigenvalue weighted by Gasteiger charge is 2.32. The van der Waals surface area contributed by atoms with E-state index in [1.807, 2.05) is 13.8 Å². The molecule has 1 N–H and O–H groups in total. The second-order valence-electron chi connectivity index (χ2n) is 8.56. The van der Waals surface area contributed by atoms with E-state index in [-0.39, 0.29) is 24.2 Å². The Balaban J connectivity index is 2.47. The van der Waals surface area contributed by atoms with Crippen LogP contribution in [0.1, 0.15) is 46.1 Å². The molecule has 0 spiro atoms. The summed E-state index contributed by atoms with van der Waals surface area (Å²) in [7, 11) is -3.89. The number of para-hydroxylation sites is 2. The number of rotatable bonds is 13. The molecule has 10 heteroatoms. The van der Waals surface area contributed by atoms with Crippen molar-refractivity contribution >= 4 is 27.5 Å². The largest absolute Gasteiger partial charge is 0.492 e. The van der Waals surface area contributed by atoms with Crippen molar-refractivity contribution < 1.29 is 27.1 Å². The van der Waals surface area contributed by atoms with Crippen LogP contribution in [0.15, 0.2) is 48.5 Å². The van der Waals surface area contributed by atoms with Crippen molar-refractivity contribution in [3.63, 3.8) is 0 Å². The van der Waals surface area contributed by atoms with Gasteiger partial charge in [0, 0.05) is 12.6 Å². The molecule has 2 aromatic carbocycles. The van der Waals surface area contributed by atoms with E-state index in [9.17, 15) is 22.4 Å². The summed E-state index contributed by atoms with van der Waals surface area (Å²) in [6, 6.07) is 11.2. The first-order valence-corrected chi connectivity index (χ1v) is 13.9. The van der Waals surface area contributed by atoms with Crippen LogP contribution >= 0.6 is 0 Å². The number of halogens is 1. The van der Waals surface area contributed by atoms with Gasteiger partial charge < -0.3 is 15.0 Å². The van der Waals surface area contributed by atoms with Gasteiger partial charge in [0.05, 0.1) is 18.6 Å². The van der Waals surface area contributed by atoms with Gasteiger partial charge >= 0.3 is 0 Å². The molecule has 0 saturated carbocycles. The highest BCUT2D eigenvalue weighted by Crippen LogP contribution is 2.30. The second kappa shape index (κ2) is 13.2. The lowest BCUT2D eigenvalue weighted by Crippen LogP contribution is -2.53. The monoisotopic (exact) mass is 521 g/mol. The number of anilines is 1. The predicted molar refractivity (Wildman–Crippen MR) is 139 cm³/mol. The van der Waals surface area contributed by atoms with E-state index >= 15 is 0 Å². The van der Waals surface area contributed by atoms with Crippen molar-refractivity contribution in [3.8, 4) is 5.75 Å². The number of benzene rings is 2. The van der Waals surface area contributed by atoms with Crippen molar-refractivity contribution in [3.05, 3.63) is 59.9 Å². The maximum atomic E-state index is 13.7. The summed E-state index contributed by atoms with van der Waals surface area (Å²) in [6.45, 7) is 7.16. The Bertz CT molecular complexity index is 1120. The first-order valence-electron chi connectivity index (χ1n) is 12.1. The van der Waals surface area contributed by atoms with Crippen LogP contribution in [-0.4, -0.2) is 56.6 Å². The summed E-state index contributed by atoms with van der Waals surface area (Å²) in [5.74, 6) is -0.996. The molecule has 8 nitrogen and oxygen atoms in total. The van der Waals surface area contributed by atoms with Gasteiger partial charge in [-0.2, -0.15) is 0 Å². The summed E-state index contributed by atoms with van der Waals surface area (Å²) in [4.78, 5) is 28.2. The normalized spacial score (nSPS) is 12.9. The van der Waals surface area contributed by atoms with Crippen LogP contribution in [-0.2, 0) is 26.2 Å². The van der Waals surface area contributed by atoms with Crippen LogP contribution in [0.5, 0.6) is 5.75 Å². The third kappa shape index (κ3) is 7.94. The minimum atomic E-state index is -3.89. The van der Waals surface area contributed by atoms with Crippen molar-refractivity contribution in [2.45, 2.75) is 59.2 Å². The molecule has 2 rings (SSSR count). The van der Waals surface area contributed by atoms with Crippen LogP contribution in [0.4, 0.5) is 10.1 Å². The van der Waals surface area contributed by atoms with Crippen molar-refractivity contribution in [1.29, 1.82) is 0 Å². The zero-order chi connectivity index (χ0) is 26.9. The number of nitrogens with one attached hydrogen (secondary N) is 1. The Hall–Kier alpha value is -3.14. The van der Waals surface area contributed by atoms with Crippen LogP contribution in [0.25, 0.3) is 0 Å². The number of amides is 2. The molecule has 0 aliphatic carbocycles. The topological polar surface area (TPSA) is 96.0 Å². The van der Waals surface area contributed by atoms with Crippen LogP contribution in [0.2, 0.25) is 0 Å². The number of hydrogen-bond donors (Lipinski definition) is 1. The summed E-state index contributed by atoms with van der Waals surface area (Å²) < 4.78 is 45.6. The minimum absolute atomic E-state index is 0.0102. The molecule has 2 aromatic rings. The zero-order valence-corrected chi connectivity index (χ0v) is 22.3. The van der Waals surface area contributed by atoms with Gasteiger partial charge in [-0.25, -0.2) is 12.8 Å². The standard InChI is InChI=1S/C26H36FN3O5S/c1-6-19(4)28-26(32)22(7-2)29(17-20-13-15-21(27)16-14-20)25(31)18-30(36(5,33)34)23-11-9-10-12-24(23)35-8-3/h9-16,19,22H,6-8,17-18H2,1-5H3,(H,28,32)/t19-,22-/m0/s1. The summed E-state index contributed by atoms with van der Waals surface area (Å²) in [5, 5.41) is 2.91. The lowest BCUT2D eigenvalue weighted by molar-refractivity contribution is -0.140. The first-order chi connectivity index (χ1) is 17.0. The van der Waals surface area contributed by atoms with Gasteiger partial charge in [0.25, 0.3) is 0 Å². The van der Waals surface area contributed by atoms with E-state index in [1.165, 1.54) is 29.2 Å². The molecule has 0 bridgehead atoms. The molecule has 0 saturated heterocycles. The molecule has 0 aliphatic rings. The summed E-state index contributed by atoms with van der Waals surface area (Å²) in [6.07, 6.45) is 2.04. The number of carbonyl (C=O) groups excluding carboxylic acids is 2. The van der Waals surface area contributed by atoms with Crippen LogP contribution < -0.4 is 14.4 Å². The van der Waals surface area contributed by atoms with Gasteiger partial charge in [0.1, 0.15) is 24.2 Å². The zero-order valence-electron chi connectivity index (χ0n) is 21.5. The molecule has 0 aliphatic heterocycles. The average Bonchev–Trinajstić information content (AvgIpc) is 2.83.